The zero-order valence-corrected chi connectivity index (χ0v) is 15.8. The number of thiophene rings is 1. The molecule has 24 heavy (non-hydrogen) atoms. The molecule has 0 aliphatic carbocycles. The summed E-state index contributed by atoms with van der Waals surface area (Å²) in [6.07, 6.45) is 3.98. The van der Waals surface area contributed by atoms with Gasteiger partial charge in [0.05, 0.1) is 6.04 Å². The summed E-state index contributed by atoms with van der Waals surface area (Å²) in [4.78, 5) is 3.99. The SMILES string of the molecule is CCCN1[C@@H](c2cccc(Cl)c2)/C(=C/CCO)c2ccsc2[C@@H]1C. The van der Waals surface area contributed by atoms with Gasteiger partial charge in [-0.05, 0) is 66.6 Å². The molecule has 3 rings (SSSR count). The number of aliphatic hydroxyl groups excluding tert-OH is 1. The topological polar surface area (TPSA) is 23.5 Å². The Kier molecular flexibility index (Phi) is 5.77. The van der Waals surface area contributed by atoms with Crippen molar-refractivity contribution in [3.05, 3.63) is 62.8 Å². The van der Waals surface area contributed by atoms with Crippen molar-refractivity contribution in [1.82, 2.24) is 4.90 Å². The Labute approximate surface area is 153 Å². The largest absolute Gasteiger partial charge is 0.396 e. The number of nitrogens with zero attached hydrogens (tertiary/aromatic N) is 1. The van der Waals surface area contributed by atoms with Crippen LogP contribution in [-0.2, 0) is 0 Å². The van der Waals surface area contributed by atoms with Gasteiger partial charge in [-0.25, -0.2) is 0 Å². The van der Waals surface area contributed by atoms with Crippen LogP contribution in [0.15, 0.2) is 41.8 Å². The van der Waals surface area contributed by atoms with E-state index in [9.17, 15) is 5.11 Å². The molecule has 0 amide bonds. The van der Waals surface area contributed by atoms with E-state index in [1.165, 1.54) is 21.6 Å². The molecule has 2 aromatic rings. The highest BCUT2D eigenvalue weighted by molar-refractivity contribution is 7.10. The fourth-order valence-electron chi connectivity index (χ4n) is 3.65. The number of aliphatic hydroxyl groups is 1. The molecule has 2 heterocycles. The molecule has 0 saturated heterocycles. The lowest BCUT2D eigenvalue weighted by molar-refractivity contribution is 0.172. The number of rotatable bonds is 5. The number of benzene rings is 1. The minimum Gasteiger partial charge on any atom is -0.396 e. The molecule has 0 unspecified atom stereocenters. The first-order valence-electron chi connectivity index (χ1n) is 8.57. The van der Waals surface area contributed by atoms with Gasteiger partial charge in [-0.3, -0.25) is 4.90 Å². The van der Waals surface area contributed by atoms with Gasteiger partial charge in [-0.15, -0.1) is 11.3 Å². The highest BCUT2D eigenvalue weighted by atomic mass is 35.5. The molecule has 1 aliphatic rings. The Morgan fingerprint density at radius 1 is 1.33 bits per heavy atom. The Hall–Kier alpha value is -1.13. The average molecular weight is 362 g/mol. The third-order valence-electron chi connectivity index (χ3n) is 4.65. The van der Waals surface area contributed by atoms with Crippen molar-refractivity contribution in [3.63, 3.8) is 0 Å². The van der Waals surface area contributed by atoms with E-state index in [0.717, 1.165) is 18.0 Å². The first-order chi connectivity index (χ1) is 11.7. The predicted molar refractivity (Wildman–Crippen MR) is 104 cm³/mol. The number of fused-ring (bicyclic) bond motifs is 1. The van der Waals surface area contributed by atoms with Crippen LogP contribution in [0, 0.1) is 0 Å². The van der Waals surface area contributed by atoms with Crippen LogP contribution in [0.4, 0.5) is 0 Å². The van der Waals surface area contributed by atoms with Crippen molar-refractivity contribution in [3.8, 4) is 0 Å². The highest BCUT2D eigenvalue weighted by Gasteiger charge is 2.36. The van der Waals surface area contributed by atoms with E-state index in [2.05, 4.69) is 48.4 Å². The predicted octanol–water partition coefficient (Wildman–Crippen LogP) is 5.70. The van der Waals surface area contributed by atoms with E-state index < -0.39 is 0 Å². The average Bonchev–Trinajstić information content (AvgIpc) is 3.06. The summed E-state index contributed by atoms with van der Waals surface area (Å²) in [5.74, 6) is 0. The minimum atomic E-state index is 0.175. The molecule has 1 aliphatic heterocycles. The van der Waals surface area contributed by atoms with Crippen LogP contribution in [0.5, 0.6) is 0 Å². The van der Waals surface area contributed by atoms with Crippen LogP contribution in [0.3, 0.4) is 0 Å². The maximum atomic E-state index is 9.34. The molecule has 1 aromatic carbocycles. The molecule has 1 N–H and O–H groups in total. The normalized spacial score (nSPS) is 22.8. The summed E-state index contributed by atoms with van der Waals surface area (Å²) in [6.45, 7) is 5.73. The van der Waals surface area contributed by atoms with E-state index in [1.54, 1.807) is 0 Å². The maximum Gasteiger partial charge on any atom is 0.0610 e. The van der Waals surface area contributed by atoms with Crippen LogP contribution < -0.4 is 0 Å². The van der Waals surface area contributed by atoms with Crippen molar-refractivity contribution < 1.29 is 5.11 Å². The zero-order chi connectivity index (χ0) is 17.1. The fraction of sp³-hybridized carbons (Fsp3) is 0.400. The third kappa shape index (κ3) is 3.31. The molecule has 1 aromatic heterocycles. The second-order valence-corrected chi connectivity index (χ2v) is 7.63. The Bertz CT molecular complexity index is 724. The summed E-state index contributed by atoms with van der Waals surface area (Å²) in [5.41, 5.74) is 3.86. The summed E-state index contributed by atoms with van der Waals surface area (Å²) in [7, 11) is 0. The lowest BCUT2D eigenvalue weighted by Crippen LogP contribution is -2.36. The molecule has 0 saturated carbocycles. The standard InChI is InChI=1S/C20H24ClNOS/c1-3-10-22-14(2)20-18(9-12-24-20)17(8-5-11-23)19(22)15-6-4-7-16(21)13-15/h4,6-9,12-14,19,23H,3,5,10-11H2,1-2H3/b17-8+/t14-,19-/m0/s1. The van der Waals surface area contributed by atoms with Gasteiger partial charge in [0.2, 0.25) is 0 Å². The van der Waals surface area contributed by atoms with Crippen molar-refractivity contribution in [2.24, 2.45) is 0 Å². The number of hydrogen-bond acceptors (Lipinski definition) is 3. The molecule has 0 bridgehead atoms. The molecule has 128 valence electrons. The zero-order valence-electron chi connectivity index (χ0n) is 14.2. The highest BCUT2D eigenvalue weighted by Crippen LogP contribution is 2.49. The lowest BCUT2D eigenvalue weighted by Gasteiger charge is -2.42. The summed E-state index contributed by atoms with van der Waals surface area (Å²) in [5, 5.41) is 12.3. The van der Waals surface area contributed by atoms with Gasteiger partial charge >= 0.3 is 0 Å². The molecule has 2 atom stereocenters. The van der Waals surface area contributed by atoms with Crippen molar-refractivity contribution in [1.29, 1.82) is 0 Å². The van der Waals surface area contributed by atoms with E-state index in [0.29, 0.717) is 12.5 Å². The lowest BCUT2D eigenvalue weighted by atomic mass is 9.85. The van der Waals surface area contributed by atoms with E-state index in [4.69, 9.17) is 11.6 Å². The third-order valence-corrected chi connectivity index (χ3v) is 5.97. The van der Waals surface area contributed by atoms with Gasteiger partial charge in [0.1, 0.15) is 0 Å². The summed E-state index contributed by atoms with van der Waals surface area (Å²) >= 11 is 8.11. The number of halogens is 1. The summed E-state index contributed by atoms with van der Waals surface area (Å²) in [6, 6.07) is 11.0. The van der Waals surface area contributed by atoms with E-state index in [1.807, 2.05) is 23.5 Å². The molecular weight excluding hydrogens is 338 g/mol. The van der Waals surface area contributed by atoms with Gasteiger partial charge in [-0.1, -0.05) is 36.7 Å². The van der Waals surface area contributed by atoms with Gasteiger partial charge in [0.25, 0.3) is 0 Å². The van der Waals surface area contributed by atoms with Gasteiger partial charge in [0, 0.05) is 22.5 Å². The van der Waals surface area contributed by atoms with Crippen molar-refractivity contribution in [2.75, 3.05) is 13.2 Å². The second-order valence-electron chi connectivity index (χ2n) is 6.24. The summed E-state index contributed by atoms with van der Waals surface area (Å²) < 4.78 is 0. The Morgan fingerprint density at radius 3 is 2.88 bits per heavy atom. The van der Waals surface area contributed by atoms with Gasteiger partial charge in [-0.2, -0.15) is 0 Å². The first-order valence-corrected chi connectivity index (χ1v) is 9.83. The maximum absolute atomic E-state index is 9.34. The smallest absolute Gasteiger partial charge is 0.0610 e. The number of hydrogen-bond donors (Lipinski definition) is 1. The van der Waals surface area contributed by atoms with Gasteiger partial charge < -0.3 is 5.11 Å². The molecule has 4 heteroatoms. The van der Waals surface area contributed by atoms with Gasteiger partial charge in [0.15, 0.2) is 0 Å². The molecule has 0 spiro atoms. The van der Waals surface area contributed by atoms with Crippen LogP contribution >= 0.6 is 22.9 Å². The Balaban J connectivity index is 2.15. The second kappa shape index (κ2) is 7.83. The fourth-order valence-corrected chi connectivity index (χ4v) is 4.85. The van der Waals surface area contributed by atoms with Crippen molar-refractivity contribution >= 4 is 28.5 Å². The molecule has 2 nitrogen and oxygen atoms in total. The molecule has 0 fully saturated rings. The van der Waals surface area contributed by atoms with Crippen LogP contribution in [0.2, 0.25) is 5.02 Å². The van der Waals surface area contributed by atoms with Crippen LogP contribution in [0.1, 0.15) is 54.8 Å². The van der Waals surface area contributed by atoms with Crippen LogP contribution in [0.25, 0.3) is 5.57 Å². The molecule has 0 radical (unpaired) electrons. The van der Waals surface area contributed by atoms with Crippen LogP contribution in [-0.4, -0.2) is 23.2 Å². The van der Waals surface area contributed by atoms with Crippen molar-refractivity contribution in [2.45, 2.75) is 38.8 Å². The Morgan fingerprint density at radius 2 is 2.17 bits per heavy atom. The molecular formula is C20H24ClNOS. The van der Waals surface area contributed by atoms with E-state index >= 15 is 0 Å². The first kappa shape index (κ1) is 17.7. The monoisotopic (exact) mass is 361 g/mol. The minimum absolute atomic E-state index is 0.175. The van der Waals surface area contributed by atoms with E-state index in [-0.39, 0.29) is 12.6 Å². The quantitative estimate of drug-likeness (QED) is 0.738.